The van der Waals surface area contributed by atoms with Gasteiger partial charge < -0.3 is 16.2 Å². The van der Waals surface area contributed by atoms with Gasteiger partial charge in [0.25, 0.3) is 0 Å². The molecule has 5 aliphatic rings. The van der Waals surface area contributed by atoms with E-state index in [-0.39, 0.29) is 23.5 Å². The van der Waals surface area contributed by atoms with Crippen LogP contribution in [0.15, 0.2) is 42.5 Å². The second-order valence-corrected chi connectivity index (χ2v) is 12.2. The van der Waals surface area contributed by atoms with Crippen molar-refractivity contribution in [3.63, 3.8) is 0 Å². The van der Waals surface area contributed by atoms with Gasteiger partial charge in [-0.25, -0.2) is 9.97 Å². The molecule has 0 atom stereocenters. The third-order valence-electron chi connectivity index (χ3n) is 9.32. The quantitative estimate of drug-likeness (QED) is 0.408. The molecular weight excluding hydrogens is 460 g/mol. The first kappa shape index (κ1) is 22.8. The molecule has 6 heteroatoms. The summed E-state index contributed by atoms with van der Waals surface area (Å²) >= 11 is 0. The van der Waals surface area contributed by atoms with Gasteiger partial charge in [-0.2, -0.15) is 0 Å². The number of rotatable bonds is 5. The molecule has 4 N–H and O–H groups in total. The summed E-state index contributed by atoms with van der Waals surface area (Å²) in [5.41, 5.74) is 13.2. The summed E-state index contributed by atoms with van der Waals surface area (Å²) in [5.74, 6) is 3.30. The fraction of sp³-hybridized carbons (Fsp3) is 0.452. The fourth-order valence-electron chi connectivity index (χ4n) is 8.26. The van der Waals surface area contributed by atoms with Gasteiger partial charge in [0.1, 0.15) is 5.75 Å². The molecule has 8 rings (SSSR count). The zero-order valence-electron chi connectivity index (χ0n) is 21.2. The molecule has 4 fully saturated rings. The minimum absolute atomic E-state index is 0.101. The standard InChI is InChI=1S/C31H34N4O2/c32-23-4-7-25-22(13-23)3-8-26-29(25)33-27(17-31-14-19-9-20(15-31)11-21(10-19)16-31)30(34-26)35-28(37)12-18-1-5-24(36)6-2-18/h1-2,4-7,13,19-21,36H,3,8-12,14-17,32H2,(H,34,35,37). The Labute approximate surface area is 217 Å². The first-order valence-corrected chi connectivity index (χ1v) is 13.8. The van der Waals surface area contributed by atoms with Crippen LogP contribution >= 0.6 is 0 Å². The Morgan fingerprint density at radius 1 is 0.973 bits per heavy atom. The van der Waals surface area contributed by atoms with E-state index >= 15 is 0 Å². The first-order chi connectivity index (χ1) is 17.9. The number of carbonyl (C=O) groups is 1. The van der Waals surface area contributed by atoms with Gasteiger partial charge in [-0.1, -0.05) is 18.2 Å². The van der Waals surface area contributed by atoms with Crippen LogP contribution in [0.1, 0.15) is 61.0 Å². The molecule has 37 heavy (non-hydrogen) atoms. The number of hydrogen-bond donors (Lipinski definition) is 3. The molecule has 190 valence electrons. The Hall–Kier alpha value is -3.41. The number of nitrogens with one attached hydrogen (secondary N) is 1. The lowest BCUT2D eigenvalue weighted by Gasteiger charge is -2.57. The van der Waals surface area contributed by atoms with Crippen molar-refractivity contribution >= 4 is 17.4 Å². The lowest BCUT2D eigenvalue weighted by atomic mass is 9.48. The minimum atomic E-state index is -0.101. The summed E-state index contributed by atoms with van der Waals surface area (Å²) < 4.78 is 0. The van der Waals surface area contributed by atoms with Crippen LogP contribution < -0.4 is 11.1 Å². The Kier molecular flexibility index (Phi) is 5.27. The molecule has 4 bridgehead atoms. The summed E-state index contributed by atoms with van der Waals surface area (Å²) in [6, 6.07) is 12.9. The van der Waals surface area contributed by atoms with Gasteiger partial charge >= 0.3 is 0 Å². The average molecular weight is 495 g/mol. The van der Waals surface area contributed by atoms with Crippen molar-refractivity contribution in [3.05, 3.63) is 65.0 Å². The van der Waals surface area contributed by atoms with E-state index in [0.717, 1.165) is 70.9 Å². The summed E-state index contributed by atoms with van der Waals surface area (Å²) in [6.45, 7) is 0. The maximum absolute atomic E-state index is 13.1. The van der Waals surface area contributed by atoms with Crippen molar-refractivity contribution in [1.29, 1.82) is 0 Å². The Bertz CT molecular complexity index is 1350. The van der Waals surface area contributed by atoms with Crippen molar-refractivity contribution in [2.75, 3.05) is 11.1 Å². The number of anilines is 2. The van der Waals surface area contributed by atoms with Crippen molar-refractivity contribution in [1.82, 2.24) is 9.97 Å². The maximum Gasteiger partial charge on any atom is 0.229 e. The molecule has 6 nitrogen and oxygen atoms in total. The number of carbonyl (C=O) groups excluding carboxylic acids is 1. The highest BCUT2D eigenvalue weighted by atomic mass is 16.3. The summed E-state index contributed by atoms with van der Waals surface area (Å²) in [7, 11) is 0. The van der Waals surface area contributed by atoms with E-state index < -0.39 is 0 Å². The van der Waals surface area contributed by atoms with Crippen LogP contribution in [0.3, 0.4) is 0 Å². The molecular formula is C31H34N4O2. The molecule has 1 aromatic heterocycles. The van der Waals surface area contributed by atoms with E-state index in [9.17, 15) is 9.90 Å². The maximum atomic E-state index is 13.1. The molecule has 0 aliphatic heterocycles. The number of nitrogen functional groups attached to an aromatic ring is 1. The van der Waals surface area contributed by atoms with Gasteiger partial charge in [0.2, 0.25) is 5.91 Å². The predicted octanol–water partition coefficient (Wildman–Crippen LogP) is 5.47. The monoisotopic (exact) mass is 494 g/mol. The van der Waals surface area contributed by atoms with Crippen LogP contribution in [0, 0.1) is 23.2 Å². The number of aryl methyl sites for hydroxylation is 2. The Morgan fingerprint density at radius 3 is 2.38 bits per heavy atom. The topological polar surface area (TPSA) is 101 Å². The van der Waals surface area contributed by atoms with Gasteiger partial charge in [0, 0.05) is 11.3 Å². The third kappa shape index (κ3) is 4.26. The molecule has 2 aromatic carbocycles. The fourth-order valence-corrected chi connectivity index (χ4v) is 8.26. The van der Waals surface area contributed by atoms with E-state index in [2.05, 4.69) is 17.4 Å². The van der Waals surface area contributed by atoms with Crippen LogP contribution in [0.4, 0.5) is 11.5 Å². The molecule has 0 saturated heterocycles. The van der Waals surface area contributed by atoms with Crippen LogP contribution in [0.5, 0.6) is 5.75 Å². The molecule has 3 aromatic rings. The lowest BCUT2D eigenvalue weighted by Crippen LogP contribution is -2.47. The van der Waals surface area contributed by atoms with Crippen molar-refractivity contribution in [2.45, 2.75) is 64.2 Å². The van der Waals surface area contributed by atoms with Gasteiger partial charge in [0.05, 0.1) is 23.5 Å². The molecule has 4 saturated carbocycles. The lowest BCUT2D eigenvalue weighted by molar-refractivity contribution is -0.115. The zero-order valence-corrected chi connectivity index (χ0v) is 21.2. The van der Waals surface area contributed by atoms with E-state index in [4.69, 9.17) is 15.7 Å². The van der Waals surface area contributed by atoms with E-state index in [1.54, 1.807) is 24.3 Å². The number of aromatic hydroxyl groups is 1. The van der Waals surface area contributed by atoms with Gasteiger partial charge in [-0.05, 0) is 116 Å². The normalized spacial score (nSPS) is 27.0. The van der Waals surface area contributed by atoms with Gasteiger partial charge in [0.15, 0.2) is 5.82 Å². The highest BCUT2D eigenvalue weighted by Gasteiger charge is 2.51. The molecule has 5 aliphatic carbocycles. The van der Waals surface area contributed by atoms with Crippen molar-refractivity contribution in [3.8, 4) is 17.0 Å². The van der Waals surface area contributed by atoms with Gasteiger partial charge in [-0.3, -0.25) is 4.79 Å². The molecule has 1 heterocycles. The second-order valence-electron chi connectivity index (χ2n) is 12.2. The molecule has 0 spiro atoms. The van der Waals surface area contributed by atoms with Crippen molar-refractivity contribution in [2.24, 2.45) is 23.2 Å². The average Bonchev–Trinajstić information content (AvgIpc) is 2.84. The van der Waals surface area contributed by atoms with E-state index in [1.165, 1.54) is 44.1 Å². The molecule has 0 unspecified atom stereocenters. The zero-order chi connectivity index (χ0) is 25.1. The number of amides is 1. The number of hydrogen-bond acceptors (Lipinski definition) is 5. The molecule has 0 radical (unpaired) electrons. The van der Waals surface area contributed by atoms with E-state index in [0.29, 0.717) is 5.82 Å². The number of phenols is 1. The highest BCUT2D eigenvalue weighted by Crippen LogP contribution is 2.61. The van der Waals surface area contributed by atoms with Crippen LogP contribution in [0.2, 0.25) is 0 Å². The smallest absolute Gasteiger partial charge is 0.229 e. The number of aromatic nitrogens is 2. The predicted molar refractivity (Wildman–Crippen MR) is 144 cm³/mol. The minimum Gasteiger partial charge on any atom is -0.508 e. The SMILES string of the molecule is Nc1ccc2c(c1)CCc1nc(NC(=O)Cc3ccc(O)cc3)c(CC34CC5CC(CC(C5)C3)C4)nc1-2. The van der Waals surface area contributed by atoms with E-state index in [1.807, 2.05) is 6.07 Å². The number of nitrogens with two attached hydrogens (primary N) is 1. The van der Waals surface area contributed by atoms with Crippen molar-refractivity contribution < 1.29 is 9.90 Å². The Morgan fingerprint density at radius 2 is 1.68 bits per heavy atom. The van der Waals surface area contributed by atoms with Gasteiger partial charge in [-0.15, -0.1) is 0 Å². The number of fused-ring (bicyclic) bond motifs is 3. The largest absolute Gasteiger partial charge is 0.508 e. The highest BCUT2D eigenvalue weighted by molar-refractivity contribution is 5.92. The van der Waals surface area contributed by atoms with Crippen LogP contribution in [-0.2, 0) is 30.5 Å². The third-order valence-corrected chi connectivity index (χ3v) is 9.32. The summed E-state index contributed by atoms with van der Waals surface area (Å²) in [6.07, 6.45) is 10.8. The second kappa shape index (κ2) is 8.57. The van der Waals surface area contributed by atoms with Crippen LogP contribution in [-0.4, -0.2) is 21.0 Å². The number of phenolic OH excluding ortho intramolecular Hbond substituents is 1. The number of benzene rings is 2. The summed E-state index contributed by atoms with van der Waals surface area (Å²) in [4.78, 5) is 23.5. The number of nitrogens with zero attached hydrogens (tertiary/aromatic N) is 2. The molecule has 1 amide bonds. The summed E-state index contributed by atoms with van der Waals surface area (Å²) in [5, 5.41) is 12.7. The van der Waals surface area contributed by atoms with Crippen LogP contribution in [0.25, 0.3) is 11.3 Å². The Balaban J connectivity index is 1.24. The first-order valence-electron chi connectivity index (χ1n) is 13.8.